The molecule has 1 aromatic heterocycles. The lowest BCUT2D eigenvalue weighted by atomic mass is 10.2. The Morgan fingerprint density at radius 3 is 2.69 bits per heavy atom. The highest BCUT2D eigenvalue weighted by molar-refractivity contribution is 7.91. The molecule has 1 heterocycles. The second-order valence-electron chi connectivity index (χ2n) is 5.68. The van der Waals surface area contributed by atoms with E-state index in [4.69, 9.17) is 13.9 Å². The Balaban J connectivity index is 1.90. The van der Waals surface area contributed by atoms with Crippen LogP contribution in [0, 0.1) is 6.92 Å². The van der Waals surface area contributed by atoms with Gasteiger partial charge in [0.15, 0.2) is 11.5 Å². The molecule has 2 rings (SSSR count). The number of aryl methyl sites for hydroxylation is 1. The van der Waals surface area contributed by atoms with Crippen molar-refractivity contribution in [2.24, 2.45) is 0 Å². The third-order valence-corrected chi connectivity index (χ3v) is 4.85. The Kier molecular flexibility index (Phi) is 7.96. The standard InChI is InChI=1S/C18H24N2O5S/c1-13-16(11-26(22)12-17(21)19-9-4-10-23-2)20-18(25-13)14-5-7-15(24-3)8-6-14/h5-8H,4,9-12H2,1-3H3,(H,19,21). The molecule has 2 aromatic rings. The molecule has 0 fully saturated rings. The molecule has 1 atom stereocenters. The van der Waals surface area contributed by atoms with Crippen LogP contribution >= 0.6 is 0 Å². The molecule has 26 heavy (non-hydrogen) atoms. The van der Waals surface area contributed by atoms with Gasteiger partial charge in [0.05, 0.1) is 7.11 Å². The van der Waals surface area contributed by atoms with E-state index in [1.165, 1.54) is 0 Å². The number of hydrogen-bond acceptors (Lipinski definition) is 6. The summed E-state index contributed by atoms with van der Waals surface area (Å²) in [6.45, 7) is 2.86. The molecule has 0 aliphatic rings. The van der Waals surface area contributed by atoms with E-state index in [0.717, 1.165) is 17.7 Å². The fraction of sp³-hybridized carbons (Fsp3) is 0.444. The first-order chi connectivity index (χ1) is 12.5. The Morgan fingerprint density at radius 2 is 2.04 bits per heavy atom. The maximum Gasteiger partial charge on any atom is 0.269 e. The molecular weight excluding hydrogens is 356 g/mol. The smallest absolute Gasteiger partial charge is 0.269 e. The number of oxazole rings is 1. The van der Waals surface area contributed by atoms with Crippen molar-refractivity contribution in [1.29, 1.82) is 0 Å². The van der Waals surface area contributed by atoms with Crippen LogP contribution in [0.3, 0.4) is 0 Å². The molecule has 0 saturated carbocycles. The van der Waals surface area contributed by atoms with Crippen LogP contribution in [0.2, 0.25) is 0 Å². The van der Waals surface area contributed by atoms with Gasteiger partial charge in [0, 0.05) is 25.8 Å². The van der Waals surface area contributed by atoms with Gasteiger partial charge >= 0.3 is 0 Å². The average molecular weight is 380 g/mol. The maximum absolute atomic E-state index is 12.2. The topological polar surface area (TPSA) is 96.7 Å². The summed E-state index contributed by atoms with van der Waals surface area (Å²) in [6, 6.07) is 7.33. The number of hydrogen-bond donors (Lipinski definition) is 1. The number of carbonyl (C=O) groups is 1. The zero-order chi connectivity index (χ0) is 18.9. The summed E-state index contributed by atoms with van der Waals surface area (Å²) in [5, 5.41) is 2.72. The summed E-state index contributed by atoms with van der Waals surface area (Å²) < 4.78 is 27.9. The number of nitrogens with one attached hydrogen (secondary N) is 1. The van der Waals surface area contributed by atoms with Crippen molar-refractivity contribution >= 4 is 17.1 Å². The van der Waals surface area contributed by atoms with Crippen molar-refractivity contribution in [1.82, 2.24) is 10.3 Å². The van der Waals surface area contributed by atoms with E-state index in [9.17, 15) is 9.35 Å². The fourth-order valence-electron chi connectivity index (χ4n) is 2.26. The predicted octanol–water partition coefficient (Wildman–Crippen LogP) is 2.06. The van der Waals surface area contributed by atoms with Gasteiger partial charge in [-0.25, -0.2) is 4.98 Å². The van der Waals surface area contributed by atoms with Crippen LogP contribution in [0.15, 0.2) is 28.7 Å². The molecule has 0 radical (unpaired) electrons. The van der Waals surface area contributed by atoms with Gasteiger partial charge in [-0.2, -0.15) is 0 Å². The average Bonchev–Trinajstić information content (AvgIpc) is 2.99. The summed E-state index contributed by atoms with van der Waals surface area (Å²) >= 11 is -1.35. The van der Waals surface area contributed by atoms with Gasteiger partial charge in [-0.05, 0) is 48.8 Å². The molecule has 0 aliphatic heterocycles. The normalized spacial score (nSPS) is 12.0. The summed E-state index contributed by atoms with van der Waals surface area (Å²) in [7, 11) is 3.21. The lowest BCUT2D eigenvalue weighted by Crippen LogP contribution is -2.32. The first kappa shape index (κ1) is 20.3. The number of carbonyl (C=O) groups excluding carboxylic acids is 1. The summed E-state index contributed by atoms with van der Waals surface area (Å²) in [6.07, 6.45) is 0.725. The van der Waals surface area contributed by atoms with Gasteiger partial charge in [0.2, 0.25) is 5.89 Å². The highest BCUT2D eigenvalue weighted by Gasteiger charge is 2.19. The quantitative estimate of drug-likeness (QED) is 0.501. The molecule has 1 N–H and O–H groups in total. The van der Waals surface area contributed by atoms with Crippen molar-refractivity contribution in [3.8, 4) is 17.2 Å². The van der Waals surface area contributed by atoms with Crippen LogP contribution < -0.4 is 10.1 Å². The Hall–Kier alpha value is -2.03. The van der Waals surface area contributed by atoms with Gasteiger partial charge in [-0.3, -0.25) is 4.79 Å². The summed E-state index contributed by atoms with van der Waals surface area (Å²) in [4.78, 5) is 16.2. The minimum absolute atomic E-state index is 0.0584. The van der Waals surface area contributed by atoms with Crippen LogP contribution in [-0.4, -0.2) is 48.6 Å². The van der Waals surface area contributed by atoms with Gasteiger partial charge in [0.25, 0.3) is 5.91 Å². The van der Waals surface area contributed by atoms with Crippen LogP contribution in [-0.2, 0) is 26.5 Å². The van der Waals surface area contributed by atoms with Crippen LogP contribution in [0.4, 0.5) is 0 Å². The van der Waals surface area contributed by atoms with Gasteiger partial charge in [-0.15, -0.1) is 0 Å². The lowest BCUT2D eigenvalue weighted by Gasteiger charge is -2.10. The molecule has 1 amide bonds. The maximum atomic E-state index is 12.2. The number of rotatable bonds is 10. The number of aromatic nitrogens is 1. The van der Waals surface area contributed by atoms with Crippen molar-refractivity contribution in [2.75, 3.05) is 33.1 Å². The van der Waals surface area contributed by atoms with Gasteiger partial charge < -0.3 is 23.8 Å². The van der Waals surface area contributed by atoms with Crippen LogP contribution in [0.5, 0.6) is 5.75 Å². The molecule has 1 aromatic carbocycles. The number of ether oxygens (including phenoxy) is 2. The number of benzene rings is 1. The highest BCUT2D eigenvalue weighted by atomic mass is 32.2. The highest BCUT2D eigenvalue weighted by Crippen LogP contribution is 2.24. The Labute approximate surface area is 156 Å². The molecule has 142 valence electrons. The Morgan fingerprint density at radius 1 is 1.31 bits per heavy atom. The first-order valence-corrected chi connectivity index (χ1v) is 9.73. The molecule has 8 heteroatoms. The molecule has 0 saturated heterocycles. The monoisotopic (exact) mass is 380 g/mol. The van der Waals surface area contributed by atoms with Gasteiger partial charge in [0.1, 0.15) is 17.2 Å². The van der Waals surface area contributed by atoms with E-state index < -0.39 is 11.2 Å². The third kappa shape index (κ3) is 6.05. The number of methoxy groups -OCH3 is 2. The molecule has 7 nitrogen and oxygen atoms in total. The van der Waals surface area contributed by atoms with Crippen molar-refractivity contribution in [2.45, 2.75) is 19.1 Å². The number of nitrogens with zero attached hydrogens (tertiary/aromatic N) is 1. The van der Waals surface area contributed by atoms with Crippen molar-refractivity contribution in [3.63, 3.8) is 0 Å². The molecular formula is C18H24N2O5S. The Bertz CT molecular complexity index is 702. The minimum Gasteiger partial charge on any atom is -0.616 e. The zero-order valence-electron chi connectivity index (χ0n) is 15.2. The van der Waals surface area contributed by atoms with Crippen molar-refractivity contribution < 1.29 is 23.2 Å². The van der Waals surface area contributed by atoms with E-state index >= 15 is 0 Å². The lowest BCUT2D eigenvalue weighted by molar-refractivity contribution is -0.118. The van der Waals surface area contributed by atoms with E-state index in [0.29, 0.717) is 30.5 Å². The van der Waals surface area contributed by atoms with E-state index in [1.54, 1.807) is 21.1 Å². The molecule has 0 aliphatic carbocycles. The molecule has 1 unspecified atom stereocenters. The molecule has 0 spiro atoms. The molecule has 0 bridgehead atoms. The summed E-state index contributed by atoms with van der Waals surface area (Å²) in [5.74, 6) is 1.69. The van der Waals surface area contributed by atoms with Crippen LogP contribution in [0.1, 0.15) is 17.9 Å². The summed E-state index contributed by atoms with van der Waals surface area (Å²) in [5.41, 5.74) is 1.41. The van der Waals surface area contributed by atoms with Crippen molar-refractivity contribution in [3.05, 3.63) is 35.7 Å². The van der Waals surface area contributed by atoms with E-state index in [1.807, 2.05) is 24.3 Å². The second kappa shape index (κ2) is 10.2. The largest absolute Gasteiger partial charge is 0.616 e. The van der Waals surface area contributed by atoms with Gasteiger partial charge in [-0.1, -0.05) is 0 Å². The van der Waals surface area contributed by atoms with E-state index in [-0.39, 0.29) is 17.4 Å². The zero-order valence-corrected chi connectivity index (χ0v) is 16.1. The van der Waals surface area contributed by atoms with E-state index in [2.05, 4.69) is 10.3 Å². The third-order valence-electron chi connectivity index (χ3n) is 3.67. The minimum atomic E-state index is -1.35. The number of amides is 1. The van der Waals surface area contributed by atoms with Crippen LogP contribution in [0.25, 0.3) is 11.5 Å². The predicted molar refractivity (Wildman–Crippen MR) is 99.4 cm³/mol. The SMILES string of the molecule is COCCCNC(=O)C[S+]([O-])Cc1nc(-c2ccc(OC)cc2)oc1C. The second-order valence-corrected chi connectivity index (χ2v) is 7.13. The first-order valence-electron chi connectivity index (χ1n) is 8.24. The fourth-order valence-corrected chi connectivity index (χ4v) is 3.33.